The Kier molecular flexibility index (Phi) is 6.39. The highest BCUT2D eigenvalue weighted by atomic mass is 16.6. The summed E-state index contributed by atoms with van der Waals surface area (Å²) in [4.78, 5) is 23.2. The number of ether oxygens (including phenoxy) is 2. The minimum atomic E-state index is -0.988. The van der Waals surface area contributed by atoms with E-state index in [1.54, 1.807) is 20.8 Å². The van der Waals surface area contributed by atoms with Crippen molar-refractivity contribution in [1.82, 2.24) is 5.32 Å². The Morgan fingerprint density at radius 2 is 1.91 bits per heavy atom. The minimum Gasteiger partial charge on any atom is -0.461 e. The molecule has 0 bridgehead atoms. The number of nitrogens with one attached hydrogen (secondary N) is 1. The first-order valence-corrected chi connectivity index (χ1v) is 6.89. The van der Waals surface area contributed by atoms with Crippen molar-refractivity contribution in [2.24, 2.45) is 0 Å². The zero-order chi connectivity index (χ0) is 16.6. The number of alkyl carbamates (subject to hydrolysis) is 1. The molecule has 1 atom stereocenters. The quantitative estimate of drug-likeness (QED) is 0.844. The van der Waals surface area contributed by atoms with Gasteiger partial charge < -0.3 is 14.8 Å². The Hall–Kier alpha value is -2.55. The monoisotopic (exact) mass is 304 g/mol. The molecule has 1 N–H and O–H groups in total. The van der Waals surface area contributed by atoms with Gasteiger partial charge >= 0.3 is 12.1 Å². The van der Waals surface area contributed by atoms with E-state index in [0.717, 1.165) is 5.56 Å². The van der Waals surface area contributed by atoms with Crippen molar-refractivity contribution in [3.8, 4) is 6.07 Å². The second-order valence-electron chi connectivity index (χ2n) is 5.68. The lowest BCUT2D eigenvalue weighted by Gasteiger charge is -2.20. The molecule has 0 spiro atoms. The molecular weight excluding hydrogens is 284 g/mol. The highest BCUT2D eigenvalue weighted by Crippen LogP contribution is 2.07. The normalized spacial score (nSPS) is 11.9. The van der Waals surface area contributed by atoms with Gasteiger partial charge in [-0.2, -0.15) is 5.26 Å². The summed E-state index contributed by atoms with van der Waals surface area (Å²) in [5.74, 6) is -0.563. The number of esters is 1. The van der Waals surface area contributed by atoms with Gasteiger partial charge in [0.2, 0.25) is 0 Å². The van der Waals surface area contributed by atoms with E-state index in [1.807, 2.05) is 36.4 Å². The lowest BCUT2D eigenvalue weighted by molar-refractivity contribution is -0.145. The van der Waals surface area contributed by atoms with E-state index in [0.29, 0.717) is 0 Å². The molecule has 0 aliphatic rings. The van der Waals surface area contributed by atoms with Crippen LogP contribution in [0.25, 0.3) is 0 Å². The van der Waals surface area contributed by atoms with Gasteiger partial charge in [-0.1, -0.05) is 30.3 Å². The summed E-state index contributed by atoms with van der Waals surface area (Å²) in [5.41, 5.74) is 0.183. The predicted molar refractivity (Wildman–Crippen MR) is 79.6 cm³/mol. The molecule has 118 valence electrons. The van der Waals surface area contributed by atoms with Gasteiger partial charge in [-0.05, 0) is 26.3 Å². The summed E-state index contributed by atoms with van der Waals surface area (Å²) in [7, 11) is 0. The van der Waals surface area contributed by atoms with Gasteiger partial charge in [0.1, 0.15) is 18.2 Å². The van der Waals surface area contributed by atoms with Crippen molar-refractivity contribution in [3.63, 3.8) is 0 Å². The molecule has 0 saturated heterocycles. The number of hydrogen-bond donors (Lipinski definition) is 1. The molecule has 6 nitrogen and oxygen atoms in total. The largest absolute Gasteiger partial charge is 0.461 e. The van der Waals surface area contributed by atoms with E-state index >= 15 is 0 Å². The SMILES string of the molecule is CC(C)(C)OC(=O)N[C@H](C#N)CC(=O)OCc1ccccc1. The van der Waals surface area contributed by atoms with Gasteiger partial charge in [0.15, 0.2) is 0 Å². The Morgan fingerprint density at radius 3 is 2.45 bits per heavy atom. The van der Waals surface area contributed by atoms with Gasteiger partial charge in [-0.25, -0.2) is 4.79 Å². The molecule has 1 rings (SSSR count). The number of benzene rings is 1. The maximum Gasteiger partial charge on any atom is 0.408 e. The van der Waals surface area contributed by atoms with Crippen LogP contribution in [0.2, 0.25) is 0 Å². The first kappa shape index (κ1) is 17.5. The molecule has 0 heterocycles. The average molecular weight is 304 g/mol. The molecule has 1 aromatic carbocycles. The average Bonchev–Trinajstić information content (AvgIpc) is 2.43. The van der Waals surface area contributed by atoms with E-state index in [4.69, 9.17) is 14.7 Å². The van der Waals surface area contributed by atoms with Crippen LogP contribution in [0.15, 0.2) is 30.3 Å². The Morgan fingerprint density at radius 1 is 1.27 bits per heavy atom. The summed E-state index contributed by atoms with van der Waals surface area (Å²) < 4.78 is 10.1. The molecule has 0 aromatic heterocycles. The van der Waals surface area contributed by atoms with Crippen LogP contribution in [0.5, 0.6) is 0 Å². The molecule has 0 aliphatic heterocycles. The highest BCUT2D eigenvalue weighted by Gasteiger charge is 2.21. The molecule has 22 heavy (non-hydrogen) atoms. The topological polar surface area (TPSA) is 88.4 Å². The van der Waals surface area contributed by atoms with Crippen LogP contribution < -0.4 is 5.32 Å². The van der Waals surface area contributed by atoms with E-state index < -0.39 is 23.7 Å². The van der Waals surface area contributed by atoms with Crippen LogP contribution in [0.3, 0.4) is 0 Å². The summed E-state index contributed by atoms with van der Waals surface area (Å²) in [6, 6.07) is 10.0. The van der Waals surface area contributed by atoms with Crippen LogP contribution in [0, 0.1) is 11.3 Å². The van der Waals surface area contributed by atoms with Crippen LogP contribution in [0.4, 0.5) is 4.79 Å². The second-order valence-corrected chi connectivity index (χ2v) is 5.68. The molecule has 0 aliphatic carbocycles. The van der Waals surface area contributed by atoms with Crippen LogP contribution in [-0.4, -0.2) is 23.7 Å². The van der Waals surface area contributed by atoms with Gasteiger partial charge in [0, 0.05) is 0 Å². The van der Waals surface area contributed by atoms with Gasteiger partial charge in [-0.3, -0.25) is 4.79 Å². The lowest BCUT2D eigenvalue weighted by Crippen LogP contribution is -2.39. The Bertz CT molecular complexity index is 544. The van der Waals surface area contributed by atoms with Crippen LogP contribution >= 0.6 is 0 Å². The van der Waals surface area contributed by atoms with Gasteiger partial charge in [-0.15, -0.1) is 0 Å². The van der Waals surface area contributed by atoms with Crippen LogP contribution in [-0.2, 0) is 20.9 Å². The minimum absolute atomic E-state index is 0.129. The molecule has 0 fully saturated rings. The number of carbonyl (C=O) groups excluding carboxylic acids is 2. The number of nitriles is 1. The fourth-order valence-corrected chi connectivity index (χ4v) is 1.54. The van der Waals surface area contributed by atoms with Crippen molar-refractivity contribution in [2.45, 2.75) is 45.4 Å². The standard InChI is InChI=1S/C16H20N2O4/c1-16(2,3)22-15(20)18-13(10-17)9-14(19)21-11-12-7-5-4-6-8-12/h4-8,13H,9,11H2,1-3H3,(H,18,20)/t13-/m0/s1. The third-order valence-corrected chi connectivity index (χ3v) is 2.46. The summed E-state index contributed by atoms with van der Waals surface area (Å²) in [5, 5.41) is 11.3. The first-order valence-electron chi connectivity index (χ1n) is 6.89. The molecule has 0 saturated carbocycles. The maximum absolute atomic E-state index is 11.7. The lowest BCUT2D eigenvalue weighted by atomic mass is 10.2. The number of hydrogen-bond acceptors (Lipinski definition) is 5. The van der Waals surface area contributed by atoms with E-state index in [9.17, 15) is 9.59 Å². The summed E-state index contributed by atoms with van der Waals surface area (Å²) >= 11 is 0. The van der Waals surface area contributed by atoms with Crippen molar-refractivity contribution >= 4 is 12.1 Å². The van der Waals surface area contributed by atoms with E-state index in [-0.39, 0.29) is 13.0 Å². The predicted octanol–water partition coefficient (Wildman–Crippen LogP) is 2.54. The summed E-state index contributed by atoms with van der Waals surface area (Å²) in [6.45, 7) is 5.26. The van der Waals surface area contributed by atoms with Gasteiger partial charge in [0.05, 0.1) is 12.5 Å². The molecular formula is C16H20N2O4. The fourth-order valence-electron chi connectivity index (χ4n) is 1.54. The zero-order valence-corrected chi connectivity index (χ0v) is 13.0. The zero-order valence-electron chi connectivity index (χ0n) is 13.0. The van der Waals surface area contributed by atoms with E-state index in [1.165, 1.54) is 0 Å². The number of amides is 1. The third-order valence-electron chi connectivity index (χ3n) is 2.46. The highest BCUT2D eigenvalue weighted by molar-refractivity contribution is 5.73. The Labute approximate surface area is 130 Å². The fraction of sp³-hybridized carbons (Fsp3) is 0.438. The second kappa shape index (κ2) is 8.03. The van der Waals surface area contributed by atoms with E-state index in [2.05, 4.69) is 5.32 Å². The molecule has 1 amide bonds. The smallest absolute Gasteiger partial charge is 0.408 e. The molecule has 0 unspecified atom stereocenters. The summed E-state index contributed by atoms with van der Waals surface area (Å²) in [6.07, 6.45) is -0.974. The first-order chi connectivity index (χ1) is 10.3. The third kappa shape index (κ3) is 7.29. The van der Waals surface area contributed by atoms with Crippen molar-refractivity contribution in [3.05, 3.63) is 35.9 Å². The molecule has 6 heteroatoms. The van der Waals surface area contributed by atoms with Crippen molar-refractivity contribution in [1.29, 1.82) is 5.26 Å². The molecule has 0 radical (unpaired) electrons. The van der Waals surface area contributed by atoms with Crippen molar-refractivity contribution < 1.29 is 19.1 Å². The number of nitrogens with zero attached hydrogens (tertiary/aromatic N) is 1. The maximum atomic E-state index is 11.7. The van der Waals surface area contributed by atoms with Crippen LogP contribution in [0.1, 0.15) is 32.8 Å². The van der Waals surface area contributed by atoms with Gasteiger partial charge in [0.25, 0.3) is 0 Å². The molecule has 1 aromatic rings. The number of rotatable bonds is 5. The Balaban J connectivity index is 2.40. The number of carbonyl (C=O) groups is 2. The van der Waals surface area contributed by atoms with Crippen molar-refractivity contribution in [2.75, 3.05) is 0 Å².